The minimum absolute atomic E-state index is 0.402. The minimum atomic E-state index is -0.891. The number of nitrogens with zero attached hydrogens (tertiary/aromatic N) is 1. The Hall–Kier alpha value is -1.42. The van der Waals surface area contributed by atoms with Crippen molar-refractivity contribution in [3.05, 3.63) is 29.3 Å². The molecule has 0 unspecified atom stereocenters. The Kier molecular flexibility index (Phi) is 2.68. The first-order chi connectivity index (χ1) is 7.20. The second-order valence-corrected chi connectivity index (χ2v) is 3.62. The molecular weight excluding hydrogens is 218 g/mol. The van der Waals surface area contributed by atoms with E-state index in [-0.39, 0.29) is 0 Å². The fourth-order valence-electron chi connectivity index (χ4n) is 1.74. The number of carboxylic acid groups (broad SMARTS) is 1. The molecule has 1 aliphatic heterocycles. The van der Waals surface area contributed by atoms with Crippen LogP contribution in [0.5, 0.6) is 5.75 Å². The first kappa shape index (κ1) is 10.1. The summed E-state index contributed by atoms with van der Waals surface area (Å²) in [6.07, 6.45) is -0.151. The van der Waals surface area contributed by atoms with Crippen LogP contribution < -0.4 is 4.29 Å². The van der Waals surface area contributed by atoms with Crippen LogP contribution in [-0.4, -0.2) is 22.6 Å². The fraction of sp³-hybridized carbons (Fsp3) is 0.300. The number of amides is 1. The van der Waals surface area contributed by atoms with E-state index in [0.29, 0.717) is 18.8 Å². The molecule has 0 atom stereocenters. The van der Waals surface area contributed by atoms with Crippen LogP contribution in [-0.2, 0) is 13.0 Å². The number of benzene rings is 1. The van der Waals surface area contributed by atoms with Crippen molar-refractivity contribution in [3.8, 4) is 5.75 Å². The van der Waals surface area contributed by atoms with E-state index < -0.39 is 6.09 Å². The van der Waals surface area contributed by atoms with Crippen molar-refractivity contribution in [2.24, 2.45) is 0 Å². The van der Waals surface area contributed by atoms with Gasteiger partial charge in [0.05, 0.1) is 0 Å². The Morgan fingerprint density at radius 1 is 1.47 bits per heavy atom. The predicted molar refractivity (Wildman–Crippen MR) is 55.1 cm³/mol. The molecule has 1 aromatic carbocycles. The van der Waals surface area contributed by atoms with Crippen molar-refractivity contribution in [1.82, 2.24) is 4.90 Å². The lowest BCUT2D eigenvalue weighted by Gasteiger charge is -2.26. The van der Waals surface area contributed by atoms with Gasteiger partial charge in [0.1, 0.15) is 17.6 Å². The SMILES string of the molecule is O=C(O)N1CCc2ccc(OCl)cc2C1. The predicted octanol–water partition coefficient (Wildman–Crippen LogP) is 2.26. The molecule has 0 saturated heterocycles. The van der Waals surface area contributed by atoms with Gasteiger partial charge < -0.3 is 14.3 Å². The van der Waals surface area contributed by atoms with Crippen LogP contribution in [0.3, 0.4) is 0 Å². The number of hydrogen-bond donors (Lipinski definition) is 1. The Bertz CT molecular complexity index is 394. The van der Waals surface area contributed by atoms with E-state index in [0.717, 1.165) is 17.5 Å². The molecule has 1 amide bonds. The number of hydrogen-bond acceptors (Lipinski definition) is 2. The van der Waals surface area contributed by atoms with Gasteiger partial charge in [-0.2, -0.15) is 0 Å². The van der Waals surface area contributed by atoms with Gasteiger partial charge in [0, 0.05) is 13.1 Å². The third-order valence-electron chi connectivity index (χ3n) is 2.55. The average molecular weight is 228 g/mol. The van der Waals surface area contributed by atoms with Gasteiger partial charge in [-0.1, -0.05) is 6.07 Å². The molecule has 4 nitrogen and oxygen atoms in total. The van der Waals surface area contributed by atoms with E-state index in [1.807, 2.05) is 6.07 Å². The van der Waals surface area contributed by atoms with Crippen molar-refractivity contribution in [2.75, 3.05) is 6.54 Å². The Morgan fingerprint density at radius 3 is 2.93 bits per heavy atom. The second-order valence-electron chi connectivity index (χ2n) is 3.46. The molecule has 80 valence electrons. The summed E-state index contributed by atoms with van der Waals surface area (Å²) in [6, 6.07) is 5.48. The molecule has 5 heteroatoms. The molecule has 0 fully saturated rings. The van der Waals surface area contributed by atoms with Crippen LogP contribution in [0.15, 0.2) is 18.2 Å². The maximum absolute atomic E-state index is 10.8. The molecule has 0 bridgehead atoms. The molecule has 2 rings (SSSR count). The van der Waals surface area contributed by atoms with E-state index in [1.165, 1.54) is 4.90 Å². The second kappa shape index (κ2) is 3.98. The van der Waals surface area contributed by atoms with E-state index in [1.54, 1.807) is 12.1 Å². The summed E-state index contributed by atoms with van der Waals surface area (Å²) in [4.78, 5) is 12.2. The molecule has 15 heavy (non-hydrogen) atoms. The highest BCUT2D eigenvalue weighted by Gasteiger charge is 2.20. The first-order valence-corrected chi connectivity index (χ1v) is 4.90. The normalized spacial score (nSPS) is 14.6. The van der Waals surface area contributed by atoms with Gasteiger partial charge in [-0.3, -0.25) is 0 Å². The molecule has 1 N–H and O–H groups in total. The standard InChI is InChI=1S/C10H10ClNO3/c11-15-9-2-1-7-3-4-12(10(13)14)6-8(7)5-9/h1-2,5H,3-4,6H2,(H,13,14). The summed E-state index contributed by atoms with van der Waals surface area (Å²) in [5.74, 6) is 0.544. The van der Waals surface area contributed by atoms with Crippen molar-refractivity contribution < 1.29 is 14.2 Å². The maximum atomic E-state index is 10.8. The Labute approximate surface area is 92.2 Å². The lowest BCUT2D eigenvalue weighted by molar-refractivity contribution is 0.140. The lowest BCUT2D eigenvalue weighted by atomic mass is 10.00. The maximum Gasteiger partial charge on any atom is 0.407 e. The van der Waals surface area contributed by atoms with Crippen molar-refractivity contribution in [2.45, 2.75) is 13.0 Å². The Morgan fingerprint density at radius 2 is 2.27 bits per heavy atom. The largest absolute Gasteiger partial charge is 0.465 e. The van der Waals surface area contributed by atoms with Gasteiger partial charge in [-0.05, 0) is 29.7 Å². The van der Waals surface area contributed by atoms with Crippen LogP contribution in [0, 0.1) is 0 Å². The van der Waals surface area contributed by atoms with Crippen molar-refractivity contribution in [1.29, 1.82) is 0 Å². The number of rotatable bonds is 1. The van der Waals surface area contributed by atoms with Gasteiger partial charge in [-0.15, -0.1) is 0 Å². The third kappa shape index (κ3) is 1.99. The lowest BCUT2D eigenvalue weighted by Crippen LogP contribution is -2.34. The Balaban J connectivity index is 2.27. The smallest absolute Gasteiger partial charge is 0.407 e. The molecule has 0 radical (unpaired) electrons. The quantitative estimate of drug-likeness (QED) is 0.801. The third-order valence-corrected chi connectivity index (χ3v) is 2.73. The van der Waals surface area contributed by atoms with E-state index in [4.69, 9.17) is 17.0 Å². The monoisotopic (exact) mass is 227 g/mol. The van der Waals surface area contributed by atoms with Crippen LogP contribution in [0.2, 0.25) is 0 Å². The van der Waals surface area contributed by atoms with Gasteiger partial charge >= 0.3 is 6.09 Å². The van der Waals surface area contributed by atoms with Gasteiger partial charge in [-0.25, -0.2) is 4.79 Å². The van der Waals surface area contributed by atoms with Crippen LogP contribution in [0.1, 0.15) is 11.1 Å². The highest BCUT2D eigenvalue weighted by atomic mass is 35.5. The summed E-state index contributed by atoms with van der Waals surface area (Å²) >= 11 is 5.24. The van der Waals surface area contributed by atoms with E-state index in [2.05, 4.69) is 4.29 Å². The summed E-state index contributed by atoms with van der Waals surface area (Å²) in [7, 11) is 0. The van der Waals surface area contributed by atoms with E-state index in [9.17, 15) is 4.79 Å². The summed E-state index contributed by atoms with van der Waals surface area (Å²) in [6.45, 7) is 0.947. The van der Waals surface area contributed by atoms with Crippen molar-refractivity contribution in [3.63, 3.8) is 0 Å². The van der Waals surface area contributed by atoms with Gasteiger partial charge in [0.25, 0.3) is 0 Å². The van der Waals surface area contributed by atoms with Gasteiger partial charge in [0.15, 0.2) is 0 Å². The van der Waals surface area contributed by atoms with E-state index >= 15 is 0 Å². The molecule has 0 saturated carbocycles. The molecule has 1 aliphatic rings. The zero-order valence-electron chi connectivity index (χ0n) is 7.94. The number of fused-ring (bicyclic) bond motifs is 1. The minimum Gasteiger partial charge on any atom is -0.465 e. The van der Waals surface area contributed by atoms with Crippen LogP contribution >= 0.6 is 11.9 Å². The topological polar surface area (TPSA) is 49.8 Å². The van der Waals surface area contributed by atoms with Crippen LogP contribution in [0.4, 0.5) is 4.79 Å². The van der Waals surface area contributed by atoms with Gasteiger partial charge in [0.2, 0.25) is 0 Å². The summed E-state index contributed by atoms with van der Waals surface area (Å²) < 4.78 is 4.58. The highest BCUT2D eigenvalue weighted by molar-refractivity contribution is 6.09. The highest BCUT2D eigenvalue weighted by Crippen LogP contribution is 2.24. The molecule has 0 spiro atoms. The van der Waals surface area contributed by atoms with Crippen molar-refractivity contribution >= 4 is 18.0 Å². The zero-order valence-corrected chi connectivity index (χ0v) is 8.70. The molecule has 0 aliphatic carbocycles. The molecule has 0 aromatic heterocycles. The summed E-state index contributed by atoms with van der Waals surface area (Å²) in [5, 5.41) is 8.86. The molecule has 1 aromatic rings. The zero-order chi connectivity index (χ0) is 10.8. The summed E-state index contributed by atoms with van der Waals surface area (Å²) in [5.41, 5.74) is 2.12. The molecular formula is C10H10ClNO3. The first-order valence-electron chi connectivity index (χ1n) is 4.59. The molecule has 1 heterocycles. The van der Waals surface area contributed by atoms with Crippen LogP contribution in [0.25, 0.3) is 0 Å². The average Bonchev–Trinajstić information content (AvgIpc) is 2.27. The number of carbonyl (C=O) groups is 1. The fourth-order valence-corrected chi connectivity index (χ4v) is 1.84. The number of halogens is 1.